The Bertz CT molecular complexity index is 1280. The molecule has 3 aromatic rings. The van der Waals surface area contributed by atoms with Gasteiger partial charge in [0.2, 0.25) is 10.0 Å². The molecule has 0 aliphatic carbocycles. The van der Waals surface area contributed by atoms with Crippen molar-refractivity contribution in [3.8, 4) is 9.75 Å². The largest absolute Gasteiger partial charge is 0.297 e. The molecule has 0 radical (unpaired) electrons. The average Bonchev–Trinajstić information content (AvgIpc) is 3.40. The normalized spacial score (nSPS) is 16.6. The van der Waals surface area contributed by atoms with Gasteiger partial charge in [0.1, 0.15) is 4.21 Å². The number of hydrogen-bond acceptors (Lipinski definition) is 8. The highest BCUT2D eigenvalue weighted by molar-refractivity contribution is 8.01. The van der Waals surface area contributed by atoms with Crippen molar-refractivity contribution in [2.45, 2.75) is 9.10 Å². The lowest BCUT2D eigenvalue weighted by Gasteiger charge is -2.27. The number of rotatable bonds is 5. The lowest BCUT2D eigenvalue weighted by molar-refractivity contribution is 0.442. The summed E-state index contributed by atoms with van der Waals surface area (Å²) in [6.07, 6.45) is 1.59. The van der Waals surface area contributed by atoms with Crippen molar-refractivity contribution in [2.24, 2.45) is 3.77 Å². The maximum Gasteiger partial charge on any atom is 0.297 e. The van der Waals surface area contributed by atoms with Crippen LogP contribution in [-0.4, -0.2) is 55.3 Å². The standard InChI is InChI=1S/C16H15ClN4O4S5/c17-12-1-3-13(4-2-12)30(24,25)21-7-9-28(10-8-21)20-29(22,23)16-6-5-14(26-16)15-11-18-19-27-15/h1-6,11H,7-10H2. The Labute approximate surface area is 189 Å². The van der Waals surface area contributed by atoms with Gasteiger partial charge in [-0.2, -0.15) is 12.7 Å². The molecule has 8 nitrogen and oxygen atoms in total. The molecule has 2 aromatic heterocycles. The summed E-state index contributed by atoms with van der Waals surface area (Å²) in [7, 11) is -8.21. The second-order valence-electron chi connectivity index (χ2n) is 6.18. The molecule has 1 aromatic carbocycles. The Morgan fingerprint density at radius 2 is 1.70 bits per heavy atom. The molecule has 0 amide bonds. The molecule has 0 bridgehead atoms. The van der Waals surface area contributed by atoms with Crippen molar-refractivity contribution in [3.05, 3.63) is 47.6 Å². The van der Waals surface area contributed by atoms with E-state index in [0.29, 0.717) is 16.5 Å². The molecule has 0 saturated carbocycles. The monoisotopic (exact) mass is 522 g/mol. The third kappa shape index (κ3) is 4.66. The van der Waals surface area contributed by atoms with Crippen LogP contribution in [0.5, 0.6) is 0 Å². The van der Waals surface area contributed by atoms with Gasteiger partial charge in [-0.25, -0.2) is 8.42 Å². The molecule has 1 fully saturated rings. The summed E-state index contributed by atoms with van der Waals surface area (Å²) in [4.78, 5) is 1.73. The molecule has 1 aliphatic rings. The van der Waals surface area contributed by atoms with E-state index in [4.69, 9.17) is 11.6 Å². The van der Waals surface area contributed by atoms with E-state index in [1.165, 1.54) is 46.2 Å². The average molecular weight is 523 g/mol. The van der Waals surface area contributed by atoms with Gasteiger partial charge in [-0.15, -0.1) is 20.2 Å². The highest BCUT2D eigenvalue weighted by Crippen LogP contribution is 2.33. The molecular formula is C16H15ClN4O4S5. The van der Waals surface area contributed by atoms with E-state index >= 15 is 0 Å². The lowest BCUT2D eigenvalue weighted by atomic mass is 10.4. The quantitative estimate of drug-likeness (QED) is 0.509. The highest BCUT2D eigenvalue weighted by Gasteiger charge is 2.28. The summed E-state index contributed by atoms with van der Waals surface area (Å²) < 4.78 is 60.3. The summed E-state index contributed by atoms with van der Waals surface area (Å²) >= 11 is 8.15. The molecule has 160 valence electrons. The number of nitrogens with zero attached hydrogens (tertiary/aromatic N) is 4. The van der Waals surface area contributed by atoms with Gasteiger partial charge in [-0.3, -0.25) is 0 Å². The molecule has 4 rings (SSSR count). The van der Waals surface area contributed by atoms with Gasteiger partial charge in [0.25, 0.3) is 10.0 Å². The van der Waals surface area contributed by atoms with Gasteiger partial charge < -0.3 is 0 Å². The first-order valence-electron chi connectivity index (χ1n) is 8.55. The van der Waals surface area contributed by atoms with Crippen molar-refractivity contribution in [1.82, 2.24) is 13.9 Å². The van der Waals surface area contributed by atoms with Crippen LogP contribution in [-0.2, 0) is 30.7 Å². The SMILES string of the molecule is O=S(=O)(N=S1CCN(S(=O)(=O)c2ccc(Cl)cc2)CC1)c1ccc(-c2cnns2)s1. The smallest absolute Gasteiger partial charge is 0.207 e. The number of aromatic nitrogens is 2. The second-order valence-corrected chi connectivity index (χ2v) is 14.4. The third-order valence-electron chi connectivity index (χ3n) is 4.25. The lowest BCUT2D eigenvalue weighted by Crippen LogP contribution is -2.41. The fourth-order valence-corrected chi connectivity index (χ4v) is 10.1. The van der Waals surface area contributed by atoms with Crippen LogP contribution in [0.25, 0.3) is 9.75 Å². The summed E-state index contributed by atoms with van der Waals surface area (Å²) in [6.45, 7) is 0.435. The Balaban J connectivity index is 1.47. The van der Waals surface area contributed by atoms with Crippen molar-refractivity contribution < 1.29 is 16.8 Å². The van der Waals surface area contributed by atoms with E-state index in [9.17, 15) is 16.8 Å². The van der Waals surface area contributed by atoms with E-state index < -0.39 is 30.7 Å². The van der Waals surface area contributed by atoms with Gasteiger partial charge >= 0.3 is 0 Å². The fourth-order valence-electron chi connectivity index (χ4n) is 2.74. The summed E-state index contributed by atoms with van der Waals surface area (Å²) in [5.74, 6) is 0.728. The third-order valence-corrected chi connectivity index (χ3v) is 12.6. The second kappa shape index (κ2) is 8.73. The number of thiophene rings is 1. The number of hydrogen-bond donors (Lipinski definition) is 0. The summed E-state index contributed by atoms with van der Waals surface area (Å²) in [5.41, 5.74) is 0. The zero-order valence-corrected chi connectivity index (χ0v) is 20.0. The van der Waals surface area contributed by atoms with Crippen LogP contribution in [0.2, 0.25) is 5.02 Å². The topological polar surface area (TPSA) is 110 Å². The molecule has 14 heteroatoms. The van der Waals surface area contributed by atoms with E-state index in [1.807, 2.05) is 0 Å². The van der Waals surface area contributed by atoms with Crippen LogP contribution in [0.15, 0.2) is 55.5 Å². The fraction of sp³-hybridized carbons (Fsp3) is 0.250. The Kier molecular flexibility index (Phi) is 6.40. The van der Waals surface area contributed by atoms with Gasteiger partial charge in [0, 0.05) is 34.5 Å². The van der Waals surface area contributed by atoms with Crippen LogP contribution < -0.4 is 0 Å². The van der Waals surface area contributed by atoms with Crippen LogP contribution in [0.1, 0.15) is 0 Å². The summed E-state index contributed by atoms with van der Waals surface area (Å²) in [6, 6.07) is 9.24. The van der Waals surface area contributed by atoms with Gasteiger partial charge in [-0.05, 0) is 47.9 Å². The number of benzene rings is 1. The Hall–Kier alpha value is -1.22. The van der Waals surface area contributed by atoms with Gasteiger partial charge in [-0.1, -0.05) is 26.8 Å². The minimum Gasteiger partial charge on any atom is -0.207 e. The molecular weight excluding hydrogens is 508 g/mol. The molecule has 3 heterocycles. The predicted molar refractivity (Wildman–Crippen MR) is 120 cm³/mol. The van der Waals surface area contributed by atoms with Gasteiger partial charge in [0.15, 0.2) is 0 Å². The van der Waals surface area contributed by atoms with Crippen LogP contribution in [0.3, 0.4) is 0 Å². The summed E-state index contributed by atoms with van der Waals surface area (Å²) in [5, 5.41) is 4.22. The van der Waals surface area contributed by atoms with E-state index in [0.717, 1.165) is 21.1 Å². The first-order chi connectivity index (χ1) is 14.3. The van der Waals surface area contributed by atoms with Crippen LogP contribution in [0, 0.1) is 0 Å². The molecule has 1 aliphatic heterocycles. The maximum atomic E-state index is 12.8. The highest BCUT2D eigenvalue weighted by atomic mass is 35.5. The number of halogens is 1. The van der Waals surface area contributed by atoms with Crippen LogP contribution >= 0.6 is 34.5 Å². The maximum absolute atomic E-state index is 12.8. The molecule has 0 atom stereocenters. The Morgan fingerprint density at radius 1 is 1.00 bits per heavy atom. The van der Waals surface area contributed by atoms with Crippen molar-refractivity contribution in [1.29, 1.82) is 0 Å². The zero-order chi connectivity index (χ0) is 21.4. The van der Waals surface area contributed by atoms with E-state index in [2.05, 4.69) is 13.4 Å². The van der Waals surface area contributed by atoms with Gasteiger partial charge in [0.05, 0.1) is 16.0 Å². The minimum absolute atomic E-state index is 0.162. The molecule has 0 unspecified atom stereocenters. The van der Waals surface area contributed by atoms with Crippen molar-refractivity contribution >= 4 is 65.2 Å². The Morgan fingerprint density at radius 3 is 2.33 bits per heavy atom. The first-order valence-corrected chi connectivity index (χ1v) is 14.9. The van der Waals surface area contributed by atoms with Crippen molar-refractivity contribution in [2.75, 3.05) is 24.6 Å². The molecule has 0 spiro atoms. The molecule has 0 N–H and O–H groups in total. The molecule has 1 saturated heterocycles. The van der Waals surface area contributed by atoms with E-state index in [-0.39, 0.29) is 22.2 Å². The molecule has 30 heavy (non-hydrogen) atoms. The zero-order valence-electron chi connectivity index (χ0n) is 15.2. The van der Waals surface area contributed by atoms with Crippen LogP contribution in [0.4, 0.5) is 0 Å². The van der Waals surface area contributed by atoms with Crippen molar-refractivity contribution in [3.63, 3.8) is 0 Å². The first kappa shape index (κ1) is 22.0. The number of sulfonamides is 2. The van der Waals surface area contributed by atoms with E-state index in [1.54, 1.807) is 12.3 Å². The minimum atomic E-state index is -3.80. The predicted octanol–water partition coefficient (Wildman–Crippen LogP) is 3.12.